The Morgan fingerprint density at radius 3 is 2.00 bits per heavy atom. The van der Waals surface area contributed by atoms with Crippen molar-refractivity contribution in [3.05, 3.63) is 72.3 Å². The second kappa shape index (κ2) is 17.6. The van der Waals surface area contributed by atoms with Crippen molar-refractivity contribution in [1.82, 2.24) is 0 Å². The van der Waals surface area contributed by atoms with Gasteiger partial charge in [0.25, 0.3) is 0 Å². The summed E-state index contributed by atoms with van der Waals surface area (Å²) in [5.41, 5.74) is 1.87. The SMILES string of the molecule is CC.CC.CC.CC1(C)OCC(CN2c3cccc(-c4cccc(OC(F)(F)F)c4)c3OC[C@@H]2c2cccc(OC(F)(F)C(F)F)c2)O1. The number of alkyl halides is 7. The number of rotatable bonds is 8. The number of ether oxygens (including phenoxy) is 5. The molecule has 0 aliphatic carbocycles. The maximum Gasteiger partial charge on any atom is 0.573 e. The van der Waals surface area contributed by atoms with Gasteiger partial charge in [-0.25, -0.2) is 0 Å². The third-order valence-electron chi connectivity index (χ3n) is 6.66. The minimum atomic E-state index is -4.87. The second-order valence-corrected chi connectivity index (χ2v) is 10.2. The highest BCUT2D eigenvalue weighted by molar-refractivity contribution is 5.80. The van der Waals surface area contributed by atoms with Crippen molar-refractivity contribution in [2.24, 2.45) is 0 Å². The Morgan fingerprint density at radius 1 is 0.812 bits per heavy atom. The summed E-state index contributed by atoms with van der Waals surface area (Å²) in [7, 11) is 0. The Hall–Kier alpha value is -3.71. The molecule has 2 aliphatic rings. The Labute approximate surface area is 277 Å². The van der Waals surface area contributed by atoms with E-state index in [4.69, 9.17) is 14.2 Å². The van der Waals surface area contributed by atoms with Gasteiger partial charge in [0.1, 0.15) is 24.2 Å². The van der Waals surface area contributed by atoms with E-state index >= 15 is 0 Å². The lowest BCUT2D eigenvalue weighted by Crippen LogP contribution is -2.42. The number of benzene rings is 3. The van der Waals surface area contributed by atoms with Crippen molar-refractivity contribution in [1.29, 1.82) is 0 Å². The normalized spacial score (nSPS) is 18.1. The lowest BCUT2D eigenvalue weighted by atomic mass is 9.98. The van der Waals surface area contributed by atoms with E-state index in [0.29, 0.717) is 28.1 Å². The number of fused-ring (bicyclic) bond motifs is 1. The van der Waals surface area contributed by atoms with Gasteiger partial charge in [-0.05, 0) is 55.3 Å². The van der Waals surface area contributed by atoms with Crippen LogP contribution in [-0.4, -0.2) is 50.5 Å². The van der Waals surface area contributed by atoms with E-state index in [-0.39, 0.29) is 19.8 Å². The van der Waals surface area contributed by atoms with Crippen molar-refractivity contribution < 1.29 is 54.4 Å². The fraction of sp³-hybridized carbons (Fsp3) is 0.486. The van der Waals surface area contributed by atoms with Crippen LogP contribution in [0.4, 0.5) is 36.4 Å². The molecule has 48 heavy (non-hydrogen) atoms. The van der Waals surface area contributed by atoms with Gasteiger partial charge in [0.2, 0.25) is 0 Å². The quantitative estimate of drug-likeness (QED) is 0.219. The Morgan fingerprint density at radius 2 is 1.42 bits per heavy atom. The van der Waals surface area contributed by atoms with Crippen LogP contribution in [0.1, 0.15) is 67.0 Å². The van der Waals surface area contributed by atoms with Crippen LogP contribution in [0.25, 0.3) is 11.1 Å². The van der Waals surface area contributed by atoms with Gasteiger partial charge >= 0.3 is 18.9 Å². The zero-order valence-corrected chi connectivity index (χ0v) is 28.3. The van der Waals surface area contributed by atoms with Crippen molar-refractivity contribution in [3.63, 3.8) is 0 Å². The molecule has 1 saturated heterocycles. The molecule has 0 saturated carbocycles. The number of hydrogen-bond donors (Lipinski definition) is 0. The Balaban J connectivity index is 0.00000126. The summed E-state index contributed by atoms with van der Waals surface area (Å²) in [5.74, 6) is -1.34. The molecular weight excluding hydrogens is 647 g/mol. The summed E-state index contributed by atoms with van der Waals surface area (Å²) in [6.07, 6.45) is -14.0. The maximum atomic E-state index is 13.6. The number of hydrogen-bond acceptors (Lipinski definition) is 6. The van der Waals surface area contributed by atoms with E-state index in [1.807, 2.05) is 46.4 Å². The van der Waals surface area contributed by atoms with Gasteiger partial charge in [-0.15, -0.1) is 13.2 Å². The highest BCUT2D eigenvalue weighted by Gasteiger charge is 2.44. The molecule has 3 aromatic rings. The largest absolute Gasteiger partial charge is 0.573 e. The fourth-order valence-electron chi connectivity index (χ4n) is 4.97. The summed E-state index contributed by atoms with van der Waals surface area (Å²) in [6.45, 7) is 16.0. The first-order valence-electron chi connectivity index (χ1n) is 15.9. The highest BCUT2D eigenvalue weighted by Crippen LogP contribution is 2.46. The van der Waals surface area contributed by atoms with E-state index in [2.05, 4.69) is 9.47 Å². The molecule has 5 rings (SSSR count). The predicted molar refractivity (Wildman–Crippen MR) is 171 cm³/mol. The zero-order valence-electron chi connectivity index (χ0n) is 28.3. The zero-order chi connectivity index (χ0) is 36.3. The van der Waals surface area contributed by atoms with E-state index < -0.39 is 48.3 Å². The van der Waals surface area contributed by atoms with Crippen molar-refractivity contribution in [2.45, 2.75) is 92.2 Å². The molecule has 2 heterocycles. The van der Waals surface area contributed by atoms with E-state index in [1.165, 1.54) is 30.3 Å². The standard InChI is InChI=1S/C29H26F7NO5.3C2H6/c1-27(2)39-15-21(40-27)14-37-23-11-5-10-22(17-6-3-9-20(12-17)42-29(34,35)36)25(23)38-16-24(37)18-7-4-8-19(13-18)41-28(32,33)26(30)31;3*1-2/h3-13,21,24,26H,14-16H2,1-2H3;3*1-2H3/t21?,24-;;;/m1.../s1. The molecule has 268 valence electrons. The molecule has 0 bridgehead atoms. The molecule has 1 fully saturated rings. The van der Waals surface area contributed by atoms with Gasteiger partial charge in [-0.1, -0.05) is 77.9 Å². The van der Waals surface area contributed by atoms with Crippen LogP contribution in [0.15, 0.2) is 66.7 Å². The number of nitrogens with zero attached hydrogens (tertiary/aromatic N) is 1. The summed E-state index contributed by atoms with van der Waals surface area (Å²) in [5, 5.41) is 0. The van der Waals surface area contributed by atoms with E-state index in [0.717, 1.165) is 6.07 Å². The summed E-state index contributed by atoms with van der Waals surface area (Å²) < 4.78 is 118. The van der Waals surface area contributed by atoms with Gasteiger partial charge in [-0.3, -0.25) is 0 Å². The van der Waals surface area contributed by atoms with Gasteiger partial charge in [0, 0.05) is 12.1 Å². The lowest BCUT2D eigenvalue weighted by Gasteiger charge is -2.40. The monoisotopic (exact) mass is 691 g/mol. The molecule has 13 heteroatoms. The van der Waals surface area contributed by atoms with Gasteiger partial charge in [0.15, 0.2) is 11.5 Å². The molecule has 2 atom stereocenters. The maximum absolute atomic E-state index is 13.6. The Kier molecular flexibility index (Phi) is 14.9. The first kappa shape index (κ1) is 40.5. The van der Waals surface area contributed by atoms with Gasteiger partial charge < -0.3 is 28.6 Å². The molecule has 3 aromatic carbocycles. The number of para-hydroxylation sites is 1. The smallest absolute Gasteiger partial charge is 0.488 e. The number of anilines is 1. The van der Waals surface area contributed by atoms with Crippen LogP contribution < -0.4 is 19.1 Å². The van der Waals surface area contributed by atoms with Crippen molar-refractivity contribution >= 4 is 5.69 Å². The average Bonchev–Trinajstić information content (AvgIpc) is 3.40. The average molecular weight is 692 g/mol. The minimum Gasteiger partial charge on any atom is -0.488 e. The molecule has 2 aliphatic heterocycles. The van der Waals surface area contributed by atoms with Crippen LogP contribution >= 0.6 is 0 Å². The molecule has 1 unspecified atom stereocenters. The summed E-state index contributed by atoms with van der Waals surface area (Å²) in [4.78, 5) is 1.90. The van der Waals surface area contributed by atoms with Crippen LogP contribution in [-0.2, 0) is 9.47 Å². The lowest BCUT2D eigenvalue weighted by molar-refractivity contribution is -0.274. The second-order valence-electron chi connectivity index (χ2n) is 10.2. The minimum absolute atomic E-state index is 0.0194. The number of halogens is 7. The van der Waals surface area contributed by atoms with Crippen LogP contribution in [0.5, 0.6) is 17.2 Å². The third-order valence-corrected chi connectivity index (χ3v) is 6.66. The van der Waals surface area contributed by atoms with Crippen LogP contribution in [0.2, 0.25) is 0 Å². The first-order valence-corrected chi connectivity index (χ1v) is 15.9. The highest BCUT2D eigenvalue weighted by atomic mass is 19.4. The molecule has 0 spiro atoms. The fourth-order valence-corrected chi connectivity index (χ4v) is 4.97. The van der Waals surface area contributed by atoms with Crippen molar-refractivity contribution in [3.8, 4) is 28.4 Å². The van der Waals surface area contributed by atoms with E-state index in [1.54, 1.807) is 44.2 Å². The molecule has 0 radical (unpaired) electrons. The molecule has 6 nitrogen and oxygen atoms in total. The van der Waals surface area contributed by atoms with E-state index in [9.17, 15) is 30.7 Å². The van der Waals surface area contributed by atoms with Crippen molar-refractivity contribution in [2.75, 3.05) is 24.7 Å². The first-order chi connectivity index (χ1) is 22.7. The Bertz CT molecular complexity index is 1420. The topological polar surface area (TPSA) is 49.4 Å². The van der Waals surface area contributed by atoms with Gasteiger partial charge in [0.05, 0.1) is 18.3 Å². The van der Waals surface area contributed by atoms with Gasteiger partial charge in [-0.2, -0.15) is 17.6 Å². The molecular formula is C35H44F7NO5. The molecule has 0 N–H and O–H groups in total. The summed E-state index contributed by atoms with van der Waals surface area (Å²) >= 11 is 0. The summed E-state index contributed by atoms with van der Waals surface area (Å²) in [6, 6.07) is 15.4. The molecule has 0 amide bonds. The van der Waals surface area contributed by atoms with Crippen LogP contribution in [0, 0.1) is 0 Å². The van der Waals surface area contributed by atoms with Crippen LogP contribution in [0.3, 0.4) is 0 Å². The third kappa shape index (κ3) is 10.6. The molecule has 0 aromatic heterocycles. The predicted octanol–water partition coefficient (Wildman–Crippen LogP) is 10.7.